The summed E-state index contributed by atoms with van der Waals surface area (Å²) < 4.78 is 5.07. The Labute approximate surface area is 90.0 Å². The summed E-state index contributed by atoms with van der Waals surface area (Å²) in [4.78, 5) is 6.58. The second kappa shape index (κ2) is 4.49. The van der Waals surface area contributed by atoms with Crippen LogP contribution >= 0.6 is 0 Å². The number of hydrogen-bond acceptors (Lipinski definition) is 4. The summed E-state index contributed by atoms with van der Waals surface area (Å²) in [6.07, 6.45) is 4.01. The average molecular weight is 207 g/mol. The Hall–Kier alpha value is -1.29. The maximum atomic E-state index is 5.92. The van der Waals surface area contributed by atoms with Crippen molar-refractivity contribution in [2.24, 2.45) is 5.73 Å². The lowest BCUT2D eigenvalue weighted by Gasteiger charge is -2.31. The molecule has 0 spiro atoms. The number of ether oxygens (including phenoxy) is 1. The molecule has 1 aliphatic rings. The van der Waals surface area contributed by atoms with E-state index in [1.165, 1.54) is 0 Å². The third-order valence-corrected chi connectivity index (χ3v) is 2.74. The number of anilines is 1. The highest BCUT2D eigenvalue weighted by Crippen LogP contribution is 2.19. The Balaban J connectivity index is 2.07. The topological polar surface area (TPSA) is 51.4 Å². The largest absolute Gasteiger partial charge is 0.495 e. The van der Waals surface area contributed by atoms with Crippen molar-refractivity contribution in [3.63, 3.8) is 0 Å². The van der Waals surface area contributed by atoms with Crippen molar-refractivity contribution < 1.29 is 4.74 Å². The van der Waals surface area contributed by atoms with E-state index < -0.39 is 0 Å². The van der Waals surface area contributed by atoms with E-state index in [2.05, 4.69) is 9.88 Å². The number of rotatable bonds is 2. The van der Waals surface area contributed by atoms with Gasteiger partial charge >= 0.3 is 0 Å². The van der Waals surface area contributed by atoms with Crippen LogP contribution < -0.4 is 15.4 Å². The van der Waals surface area contributed by atoms with Crippen LogP contribution in [0.15, 0.2) is 18.3 Å². The van der Waals surface area contributed by atoms with Crippen LogP contribution in [-0.2, 0) is 0 Å². The molecule has 1 unspecified atom stereocenters. The number of nitrogens with zero attached hydrogens (tertiary/aromatic N) is 2. The lowest BCUT2D eigenvalue weighted by Crippen LogP contribution is -2.43. The van der Waals surface area contributed by atoms with Crippen LogP contribution in [0.5, 0.6) is 5.75 Å². The van der Waals surface area contributed by atoms with Crippen molar-refractivity contribution in [1.82, 2.24) is 4.98 Å². The standard InChI is InChI=1S/C11H17N3O/c1-15-10-4-5-11(13-7-10)14-6-2-3-9(12)8-14/h4-5,7,9H,2-3,6,8,12H2,1H3. The predicted molar refractivity (Wildman–Crippen MR) is 60.2 cm³/mol. The van der Waals surface area contributed by atoms with Crippen LogP contribution in [0.2, 0.25) is 0 Å². The van der Waals surface area contributed by atoms with Gasteiger partial charge in [0.2, 0.25) is 0 Å². The fourth-order valence-corrected chi connectivity index (χ4v) is 1.90. The molecule has 0 radical (unpaired) electrons. The number of hydrogen-bond donors (Lipinski definition) is 1. The van der Waals surface area contributed by atoms with Gasteiger partial charge in [-0.05, 0) is 25.0 Å². The first-order chi connectivity index (χ1) is 7.29. The van der Waals surface area contributed by atoms with E-state index in [4.69, 9.17) is 10.5 Å². The van der Waals surface area contributed by atoms with E-state index in [1.54, 1.807) is 13.3 Å². The molecule has 0 saturated carbocycles. The Morgan fingerprint density at radius 3 is 3.00 bits per heavy atom. The maximum Gasteiger partial charge on any atom is 0.137 e. The zero-order valence-electron chi connectivity index (χ0n) is 9.02. The highest BCUT2D eigenvalue weighted by Gasteiger charge is 2.17. The van der Waals surface area contributed by atoms with Gasteiger partial charge < -0.3 is 15.4 Å². The minimum Gasteiger partial charge on any atom is -0.495 e. The van der Waals surface area contributed by atoms with Crippen molar-refractivity contribution in [2.45, 2.75) is 18.9 Å². The third kappa shape index (κ3) is 2.39. The fourth-order valence-electron chi connectivity index (χ4n) is 1.90. The number of pyridine rings is 1. The SMILES string of the molecule is COc1ccc(N2CCCC(N)C2)nc1. The fraction of sp³-hybridized carbons (Fsp3) is 0.545. The van der Waals surface area contributed by atoms with Crippen molar-refractivity contribution in [3.05, 3.63) is 18.3 Å². The second-order valence-corrected chi connectivity index (χ2v) is 3.90. The van der Waals surface area contributed by atoms with Gasteiger partial charge in [-0.3, -0.25) is 0 Å². The highest BCUT2D eigenvalue weighted by molar-refractivity contribution is 5.41. The van der Waals surface area contributed by atoms with Crippen molar-refractivity contribution in [2.75, 3.05) is 25.1 Å². The summed E-state index contributed by atoms with van der Waals surface area (Å²) in [5.74, 6) is 1.78. The van der Waals surface area contributed by atoms with Crippen LogP contribution in [0.3, 0.4) is 0 Å². The van der Waals surface area contributed by atoms with Crippen LogP contribution in [-0.4, -0.2) is 31.2 Å². The molecule has 1 aliphatic heterocycles. The quantitative estimate of drug-likeness (QED) is 0.786. The number of aromatic nitrogens is 1. The molecule has 1 saturated heterocycles. The summed E-state index contributed by atoms with van der Waals surface area (Å²) in [6.45, 7) is 1.95. The molecule has 1 atom stereocenters. The molecule has 82 valence electrons. The Morgan fingerprint density at radius 2 is 2.40 bits per heavy atom. The third-order valence-electron chi connectivity index (χ3n) is 2.74. The molecule has 2 N–H and O–H groups in total. The zero-order valence-corrected chi connectivity index (χ0v) is 9.02. The van der Waals surface area contributed by atoms with Crippen LogP contribution in [0.4, 0.5) is 5.82 Å². The predicted octanol–water partition coefficient (Wildman–Crippen LogP) is 1.02. The monoisotopic (exact) mass is 207 g/mol. The Morgan fingerprint density at radius 1 is 1.53 bits per heavy atom. The molecule has 0 aliphatic carbocycles. The van der Waals surface area contributed by atoms with E-state index in [0.717, 1.165) is 37.5 Å². The lowest BCUT2D eigenvalue weighted by molar-refractivity contribution is 0.412. The van der Waals surface area contributed by atoms with E-state index in [0.29, 0.717) is 0 Å². The van der Waals surface area contributed by atoms with Gasteiger partial charge in [-0.2, -0.15) is 0 Å². The van der Waals surface area contributed by atoms with Crippen molar-refractivity contribution >= 4 is 5.82 Å². The van der Waals surface area contributed by atoms with Gasteiger partial charge in [-0.1, -0.05) is 0 Å². The van der Waals surface area contributed by atoms with Crippen molar-refractivity contribution in [1.29, 1.82) is 0 Å². The van der Waals surface area contributed by atoms with Crippen LogP contribution in [0, 0.1) is 0 Å². The first-order valence-electron chi connectivity index (χ1n) is 5.30. The van der Waals surface area contributed by atoms with Gasteiger partial charge in [0.05, 0.1) is 13.3 Å². The lowest BCUT2D eigenvalue weighted by atomic mass is 10.1. The summed E-state index contributed by atoms with van der Waals surface area (Å²) >= 11 is 0. The van der Waals surface area contributed by atoms with E-state index in [9.17, 15) is 0 Å². The summed E-state index contributed by atoms with van der Waals surface area (Å²) in [6, 6.07) is 4.20. The van der Waals surface area contributed by atoms with E-state index in [1.807, 2.05) is 12.1 Å². The number of piperidine rings is 1. The molecular formula is C11H17N3O. The highest BCUT2D eigenvalue weighted by atomic mass is 16.5. The van der Waals surface area contributed by atoms with Gasteiger partial charge in [0.1, 0.15) is 11.6 Å². The van der Waals surface area contributed by atoms with Gasteiger partial charge in [-0.15, -0.1) is 0 Å². The maximum absolute atomic E-state index is 5.92. The zero-order chi connectivity index (χ0) is 10.7. The molecule has 1 aromatic rings. The molecule has 1 fully saturated rings. The Bertz CT molecular complexity index is 312. The second-order valence-electron chi connectivity index (χ2n) is 3.90. The molecule has 2 heterocycles. The first-order valence-corrected chi connectivity index (χ1v) is 5.30. The molecule has 0 amide bonds. The van der Waals surface area contributed by atoms with Gasteiger partial charge in [0, 0.05) is 19.1 Å². The van der Waals surface area contributed by atoms with Crippen LogP contribution in [0.25, 0.3) is 0 Å². The van der Waals surface area contributed by atoms with Gasteiger partial charge in [0.15, 0.2) is 0 Å². The van der Waals surface area contributed by atoms with E-state index in [-0.39, 0.29) is 6.04 Å². The Kier molecular flexibility index (Phi) is 3.06. The summed E-state index contributed by atoms with van der Waals surface area (Å²) in [5.41, 5.74) is 5.92. The molecule has 1 aromatic heterocycles. The molecule has 15 heavy (non-hydrogen) atoms. The van der Waals surface area contributed by atoms with Gasteiger partial charge in [-0.25, -0.2) is 4.98 Å². The van der Waals surface area contributed by atoms with Gasteiger partial charge in [0.25, 0.3) is 0 Å². The first kappa shape index (κ1) is 10.2. The molecule has 2 rings (SSSR count). The molecule has 4 heteroatoms. The normalized spacial score (nSPS) is 21.5. The number of methoxy groups -OCH3 is 1. The molecular weight excluding hydrogens is 190 g/mol. The summed E-state index contributed by atoms with van der Waals surface area (Å²) in [7, 11) is 1.65. The van der Waals surface area contributed by atoms with Crippen molar-refractivity contribution in [3.8, 4) is 5.75 Å². The minimum atomic E-state index is 0.280. The summed E-state index contributed by atoms with van der Waals surface area (Å²) in [5, 5.41) is 0. The smallest absolute Gasteiger partial charge is 0.137 e. The molecule has 0 aromatic carbocycles. The van der Waals surface area contributed by atoms with Crippen LogP contribution in [0.1, 0.15) is 12.8 Å². The number of nitrogens with two attached hydrogens (primary N) is 1. The minimum absolute atomic E-state index is 0.280. The molecule has 4 nitrogen and oxygen atoms in total. The van der Waals surface area contributed by atoms with E-state index >= 15 is 0 Å². The average Bonchev–Trinajstić information content (AvgIpc) is 2.29. The molecule has 0 bridgehead atoms.